The molecule has 8 heteroatoms. The molecule has 5 nitrogen and oxygen atoms in total. The summed E-state index contributed by atoms with van der Waals surface area (Å²) >= 11 is 0. The van der Waals surface area contributed by atoms with Crippen molar-refractivity contribution in [2.24, 2.45) is 0 Å². The molecular weight excluding hydrogens is 359 g/mol. The summed E-state index contributed by atoms with van der Waals surface area (Å²) in [5, 5.41) is 3.58. The van der Waals surface area contributed by atoms with Gasteiger partial charge in [0.1, 0.15) is 17.3 Å². The van der Waals surface area contributed by atoms with E-state index in [2.05, 4.69) is 10.7 Å². The van der Waals surface area contributed by atoms with E-state index >= 15 is 0 Å². The van der Waals surface area contributed by atoms with Gasteiger partial charge in [-0.2, -0.15) is 0 Å². The van der Waals surface area contributed by atoms with Crippen LogP contribution in [0, 0.1) is 12.7 Å². The van der Waals surface area contributed by atoms with Crippen LogP contribution in [0.1, 0.15) is 30.4 Å². The highest BCUT2D eigenvalue weighted by Crippen LogP contribution is 2.41. The second kappa shape index (κ2) is 6.84. The Morgan fingerprint density at radius 1 is 1.33 bits per heavy atom. The zero-order valence-corrected chi connectivity index (χ0v) is 15.1. The quantitative estimate of drug-likeness (QED) is 0.846. The van der Waals surface area contributed by atoms with Crippen LogP contribution in [0.3, 0.4) is 0 Å². The number of halogens is 3. The number of nitrogens with one attached hydrogen (secondary N) is 2. The van der Waals surface area contributed by atoms with Crippen LogP contribution in [0.5, 0.6) is 0 Å². The van der Waals surface area contributed by atoms with Gasteiger partial charge in [-0.1, -0.05) is 6.08 Å². The van der Waals surface area contributed by atoms with Crippen molar-refractivity contribution in [3.8, 4) is 0 Å². The predicted octanol–water partition coefficient (Wildman–Crippen LogP) is 2.73. The maximum atomic E-state index is 14.8. The number of fused-ring (bicyclic) bond motifs is 1. The van der Waals surface area contributed by atoms with Crippen LogP contribution in [-0.2, 0) is 9.59 Å². The minimum Gasteiger partial charge on any atom is -0.359 e. The third-order valence-electron chi connectivity index (χ3n) is 4.82. The van der Waals surface area contributed by atoms with Crippen LogP contribution in [0.25, 0.3) is 0 Å². The molecule has 2 amide bonds. The number of alkyl halides is 1. The number of nitrogens with zero attached hydrogens (tertiary/aromatic N) is 1. The lowest BCUT2D eigenvalue weighted by Crippen LogP contribution is -2.54. The summed E-state index contributed by atoms with van der Waals surface area (Å²) in [4.78, 5) is 24.8. The predicted molar refractivity (Wildman–Crippen MR) is 94.8 cm³/mol. The first kappa shape index (κ1) is 19.2. The van der Waals surface area contributed by atoms with Crippen molar-refractivity contribution in [1.29, 1.82) is 0 Å². The normalized spacial score (nSPS) is 26.8. The van der Waals surface area contributed by atoms with Crippen LogP contribution >= 0.6 is 0 Å². The SMILES string of the molecule is CNC(=O)CC1C(=O)N(NC2C=CC(F)=CC2(C)F)c2c(C)cc(F)cc21. The number of anilines is 1. The van der Waals surface area contributed by atoms with Crippen molar-refractivity contribution in [3.63, 3.8) is 0 Å². The molecule has 3 unspecified atom stereocenters. The van der Waals surface area contributed by atoms with Crippen LogP contribution in [-0.4, -0.2) is 30.6 Å². The van der Waals surface area contributed by atoms with E-state index in [-0.39, 0.29) is 12.3 Å². The third-order valence-corrected chi connectivity index (χ3v) is 4.82. The van der Waals surface area contributed by atoms with Crippen LogP contribution in [0.15, 0.2) is 36.2 Å². The summed E-state index contributed by atoms with van der Waals surface area (Å²) in [7, 11) is 1.44. The maximum absolute atomic E-state index is 14.8. The third kappa shape index (κ3) is 3.49. The molecule has 1 aliphatic carbocycles. The molecule has 27 heavy (non-hydrogen) atoms. The van der Waals surface area contributed by atoms with Crippen molar-refractivity contribution >= 4 is 17.5 Å². The van der Waals surface area contributed by atoms with Crippen LogP contribution < -0.4 is 15.8 Å². The Balaban J connectivity index is 1.99. The average molecular weight is 379 g/mol. The van der Waals surface area contributed by atoms with Gasteiger partial charge in [0.25, 0.3) is 0 Å². The van der Waals surface area contributed by atoms with E-state index in [0.29, 0.717) is 16.8 Å². The molecule has 2 N–H and O–H groups in total. The number of hydrazine groups is 1. The minimum atomic E-state index is -2.08. The zero-order valence-electron chi connectivity index (χ0n) is 15.1. The highest BCUT2D eigenvalue weighted by atomic mass is 19.1. The van der Waals surface area contributed by atoms with E-state index in [1.54, 1.807) is 6.92 Å². The van der Waals surface area contributed by atoms with Crippen molar-refractivity contribution < 1.29 is 22.8 Å². The number of carbonyl (C=O) groups excluding carboxylic acids is 2. The van der Waals surface area contributed by atoms with E-state index < -0.39 is 35.2 Å². The first-order valence-electron chi connectivity index (χ1n) is 8.50. The van der Waals surface area contributed by atoms with Gasteiger partial charge in [0.05, 0.1) is 17.6 Å². The molecule has 0 radical (unpaired) electrons. The Bertz CT molecular complexity index is 864. The number of carbonyl (C=O) groups is 2. The van der Waals surface area contributed by atoms with Gasteiger partial charge in [0.2, 0.25) is 11.8 Å². The molecule has 0 spiro atoms. The van der Waals surface area contributed by atoms with Gasteiger partial charge in [-0.25, -0.2) is 23.6 Å². The van der Waals surface area contributed by atoms with Gasteiger partial charge >= 0.3 is 0 Å². The second-order valence-electron chi connectivity index (χ2n) is 6.91. The number of allylic oxidation sites excluding steroid dienone is 2. The molecule has 0 bridgehead atoms. The molecule has 144 valence electrons. The maximum Gasteiger partial charge on any atom is 0.249 e. The number of aryl methyl sites for hydroxylation is 1. The summed E-state index contributed by atoms with van der Waals surface area (Å²) in [5.41, 5.74) is 1.90. The molecule has 1 heterocycles. The Labute approximate surface area is 154 Å². The van der Waals surface area contributed by atoms with Crippen molar-refractivity contribution in [2.45, 2.75) is 37.9 Å². The fourth-order valence-corrected chi connectivity index (χ4v) is 3.44. The largest absolute Gasteiger partial charge is 0.359 e. The topological polar surface area (TPSA) is 61.4 Å². The number of amides is 2. The van der Waals surface area contributed by atoms with Crippen molar-refractivity contribution in [1.82, 2.24) is 10.7 Å². The molecular formula is C19H20F3N3O2. The van der Waals surface area contributed by atoms with E-state index in [0.717, 1.165) is 17.2 Å². The van der Waals surface area contributed by atoms with Gasteiger partial charge in [-0.15, -0.1) is 0 Å². The summed E-state index contributed by atoms with van der Waals surface area (Å²) in [6.45, 7) is 2.81. The number of benzene rings is 1. The van der Waals surface area contributed by atoms with E-state index in [1.807, 2.05) is 0 Å². The number of rotatable bonds is 4. The molecule has 0 saturated heterocycles. The lowest BCUT2D eigenvalue weighted by molar-refractivity contribution is -0.126. The lowest BCUT2D eigenvalue weighted by Gasteiger charge is -2.33. The average Bonchev–Trinajstić information content (AvgIpc) is 2.82. The fourth-order valence-electron chi connectivity index (χ4n) is 3.44. The molecule has 2 aliphatic rings. The van der Waals surface area contributed by atoms with E-state index in [1.165, 1.54) is 32.2 Å². The molecule has 1 aromatic carbocycles. The van der Waals surface area contributed by atoms with Crippen molar-refractivity contribution in [3.05, 3.63) is 53.1 Å². The Morgan fingerprint density at radius 3 is 2.67 bits per heavy atom. The monoisotopic (exact) mass is 379 g/mol. The van der Waals surface area contributed by atoms with Gasteiger partial charge in [-0.3, -0.25) is 9.59 Å². The summed E-state index contributed by atoms with van der Waals surface area (Å²) in [5.74, 6) is -3.00. The van der Waals surface area contributed by atoms with Gasteiger partial charge in [0, 0.05) is 13.5 Å². The molecule has 1 aliphatic heterocycles. The van der Waals surface area contributed by atoms with Crippen LogP contribution in [0.4, 0.5) is 18.9 Å². The van der Waals surface area contributed by atoms with E-state index in [4.69, 9.17) is 0 Å². The number of hydrogen-bond donors (Lipinski definition) is 2. The highest BCUT2D eigenvalue weighted by Gasteiger charge is 2.43. The Hall–Kier alpha value is -2.61. The van der Waals surface area contributed by atoms with Gasteiger partial charge in [-0.05, 0) is 49.3 Å². The minimum absolute atomic E-state index is 0.161. The summed E-state index contributed by atoms with van der Waals surface area (Å²) in [6.07, 6.45) is 3.06. The first-order chi connectivity index (χ1) is 12.6. The fraction of sp³-hybridized carbons (Fsp3) is 0.368. The lowest BCUT2D eigenvalue weighted by atomic mass is 9.94. The number of hydrogen-bond acceptors (Lipinski definition) is 3. The smallest absolute Gasteiger partial charge is 0.249 e. The summed E-state index contributed by atoms with van der Waals surface area (Å²) in [6, 6.07) is 1.45. The Kier molecular flexibility index (Phi) is 4.86. The van der Waals surface area contributed by atoms with Crippen LogP contribution in [0.2, 0.25) is 0 Å². The first-order valence-corrected chi connectivity index (χ1v) is 8.50. The van der Waals surface area contributed by atoms with Gasteiger partial charge in [0.15, 0.2) is 0 Å². The molecule has 3 rings (SSSR count). The second-order valence-corrected chi connectivity index (χ2v) is 6.91. The Morgan fingerprint density at radius 2 is 2.04 bits per heavy atom. The standard InChI is InChI=1S/C19H20F3N3O2/c1-10-6-12(21)7-13-14(8-16(26)23-3)18(27)25(17(10)13)24-15-5-4-11(20)9-19(15,2)22/h4-7,9,14-15,24H,8H2,1-3H3,(H,23,26). The van der Waals surface area contributed by atoms with Gasteiger partial charge < -0.3 is 5.32 Å². The molecule has 0 fully saturated rings. The molecule has 3 atom stereocenters. The highest BCUT2D eigenvalue weighted by molar-refractivity contribution is 6.07. The molecule has 0 saturated carbocycles. The van der Waals surface area contributed by atoms with E-state index in [9.17, 15) is 22.8 Å². The summed E-state index contributed by atoms with van der Waals surface area (Å²) < 4.78 is 42.1. The van der Waals surface area contributed by atoms with Crippen molar-refractivity contribution in [2.75, 3.05) is 12.1 Å². The zero-order chi connectivity index (χ0) is 19.9. The molecule has 0 aromatic heterocycles. The molecule has 1 aromatic rings.